The molecule has 118 valence electrons. The second-order valence-electron chi connectivity index (χ2n) is 6.84. The first-order chi connectivity index (χ1) is 11.2. The molecule has 1 unspecified atom stereocenters. The normalized spacial score (nSPS) is 20.0. The molecule has 23 heavy (non-hydrogen) atoms. The number of nitrogens with zero attached hydrogens (tertiary/aromatic N) is 1. The smallest absolute Gasteiger partial charge is 0.0876 e. The van der Waals surface area contributed by atoms with E-state index in [2.05, 4.69) is 72.7 Å². The topological polar surface area (TPSA) is 15.3 Å². The van der Waals surface area contributed by atoms with E-state index in [4.69, 9.17) is 0 Å². The third-order valence-corrected chi connectivity index (χ3v) is 5.04. The average Bonchev–Trinajstić information content (AvgIpc) is 3.02. The van der Waals surface area contributed by atoms with Crippen molar-refractivity contribution in [3.63, 3.8) is 0 Å². The number of hydrogen-bond acceptors (Lipinski definition) is 2. The van der Waals surface area contributed by atoms with E-state index in [0.29, 0.717) is 6.04 Å². The highest BCUT2D eigenvalue weighted by Crippen LogP contribution is 2.41. The van der Waals surface area contributed by atoms with Crippen LogP contribution < -0.4 is 5.32 Å². The molecule has 0 amide bonds. The summed E-state index contributed by atoms with van der Waals surface area (Å²) in [5, 5.41) is 3.41. The van der Waals surface area contributed by atoms with Gasteiger partial charge in [-0.05, 0) is 49.8 Å². The zero-order chi connectivity index (χ0) is 15.8. The van der Waals surface area contributed by atoms with E-state index in [1.165, 1.54) is 52.8 Å². The molecule has 0 aromatic heterocycles. The standard InChI is InChI=1S/C21H24N2/c1-15-10-16(2)12-17(11-15)19-7-3-4-8-20(19)21-9-5-6-18-13-22-14-23(18)21/h3-4,7-8,10-13,21-22H,5-6,9,14H2,1-2H3. The summed E-state index contributed by atoms with van der Waals surface area (Å²) in [6.45, 7) is 5.32. The molecule has 0 aliphatic carbocycles. The summed E-state index contributed by atoms with van der Waals surface area (Å²) in [6, 6.07) is 16.3. The van der Waals surface area contributed by atoms with E-state index in [9.17, 15) is 0 Å². The van der Waals surface area contributed by atoms with Crippen LogP contribution in [0.25, 0.3) is 11.1 Å². The number of rotatable bonds is 2. The second kappa shape index (κ2) is 5.77. The summed E-state index contributed by atoms with van der Waals surface area (Å²) >= 11 is 0. The molecule has 2 aromatic carbocycles. The first-order valence-corrected chi connectivity index (χ1v) is 8.59. The number of allylic oxidation sites excluding steroid dienone is 1. The fraction of sp³-hybridized carbons (Fsp3) is 0.333. The number of hydrogen-bond donors (Lipinski definition) is 1. The number of fused-ring (bicyclic) bond motifs is 1. The Hall–Kier alpha value is -2.22. The third-order valence-electron chi connectivity index (χ3n) is 5.04. The van der Waals surface area contributed by atoms with E-state index in [1.54, 1.807) is 0 Å². The van der Waals surface area contributed by atoms with Crippen LogP contribution in [0.5, 0.6) is 0 Å². The van der Waals surface area contributed by atoms with E-state index in [-0.39, 0.29) is 0 Å². The van der Waals surface area contributed by atoms with Gasteiger partial charge < -0.3 is 10.2 Å². The Bertz CT molecular complexity index is 740. The lowest BCUT2D eigenvalue weighted by molar-refractivity contribution is 0.215. The highest BCUT2D eigenvalue weighted by Gasteiger charge is 2.30. The molecule has 1 N–H and O–H groups in total. The number of benzene rings is 2. The monoisotopic (exact) mass is 304 g/mol. The van der Waals surface area contributed by atoms with Gasteiger partial charge >= 0.3 is 0 Å². The molecular formula is C21H24N2. The van der Waals surface area contributed by atoms with Crippen LogP contribution >= 0.6 is 0 Å². The van der Waals surface area contributed by atoms with Gasteiger partial charge in [-0.25, -0.2) is 0 Å². The van der Waals surface area contributed by atoms with Crippen LogP contribution in [0.3, 0.4) is 0 Å². The fourth-order valence-electron chi connectivity index (χ4n) is 4.11. The van der Waals surface area contributed by atoms with Crippen molar-refractivity contribution in [3.8, 4) is 11.1 Å². The van der Waals surface area contributed by atoms with Gasteiger partial charge in [0.25, 0.3) is 0 Å². The Kier molecular flexibility index (Phi) is 3.60. The minimum Gasteiger partial charge on any atom is -0.372 e. The van der Waals surface area contributed by atoms with Crippen LogP contribution in [-0.2, 0) is 0 Å². The van der Waals surface area contributed by atoms with Gasteiger partial charge in [-0.15, -0.1) is 0 Å². The second-order valence-corrected chi connectivity index (χ2v) is 6.84. The van der Waals surface area contributed by atoms with Crippen molar-refractivity contribution in [1.82, 2.24) is 10.2 Å². The maximum Gasteiger partial charge on any atom is 0.0876 e. The molecule has 2 nitrogen and oxygen atoms in total. The van der Waals surface area contributed by atoms with Gasteiger partial charge in [-0.2, -0.15) is 0 Å². The lowest BCUT2D eigenvalue weighted by Gasteiger charge is -2.37. The van der Waals surface area contributed by atoms with Gasteiger partial charge in [0.15, 0.2) is 0 Å². The minimum atomic E-state index is 0.488. The number of aryl methyl sites for hydroxylation is 2. The van der Waals surface area contributed by atoms with Crippen LogP contribution in [0, 0.1) is 13.8 Å². The largest absolute Gasteiger partial charge is 0.372 e. The summed E-state index contributed by atoms with van der Waals surface area (Å²) in [6.07, 6.45) is 5.91. The van der Waals surface area contributed by atoms with Gasteiger partial charge in [0.1, 0.15) is 0 Å². The maximum absolute atomic E-state index is 3.41. The Morgan fingerprint density at radius 3 is 2.65 bits per heavy atom. The van der Waals surface area contributed by atoms with Gasteiger partial charge in [0, 0.05) is 11.9 Å². The Labute approximate surface area is 138 Å². The van der Waals surface area contributed by atoms with Gasteiger partial charge in [0.2, 0.25) is 0 Å². The lowest BCUT2D eigenvalue weighted by Crippen LogP contribution is -2.31. The highest BCUT2D eigenvalue weighted by atomic mass is 15.3. The molecule has 1 saturated heterocycles. The lowest BCUT2D eigenvalue weighted by atomic mass is 9.88. The molecule has 1 atom stereocenters. The average molecular weight is 304 g/mol. The molecule has 2 heteroatoms. The zero-order valence-corrected chi connectivity index (χ0v) is 14.0. The molecule has 2 heterocycles. The third kappa shape index (κ3) is 2.63. The summed E-state index contributed by atoms with van der Waals surface area (Å²) in [7, 11) is 0. The minimum absolute atomic E-state index is 0.488. The van der Waals surface area contributed by atoms with Crippen molar-refractivity contribution in [2.45, 2.75) is 39.2 Å². The number of nitrogens with one attached hydrogen (secondary N) is 1. The molecule has 0 saturated carbocycles. The predicted octanol–water partition coefficient (Wildman–Crippen LogP) is 4.90. The zero-order valence-electron chi connectivity index (χ0n) is 14.0. The molecule has 0 bridgehead atoms. The highest BCUT2D eigenvalue weighted by molar-refractivity contribution is 5.69. The predicted molar refractivity (Wildman–Crippen MR) is 95.9 cm³/mol. The van der Waals surface area contributed by atoms with Crippen LogP contribution in [0.15, 0.2) is 54.4 Å². The van der Waals surface area contributed by atoms with Crippen LogP contribution in [-0.4, -0.2) is 11.6 Å². The summed E-state index contributed by atoms with van der Waals surface area (Å²) in [4.78, 5) is 2.55. The van der Waals surface area contributed by atoms with Gasteiger partial charge in [0.05, 0.1) is 12.7 Å². The summed E-state index contributed by atoms with van der Waals surface area (Å²) < 4.78 is 0. The SMILES string of the molecule is Cc1cc(C)cc(-c2ccccc2C2CCCC3=CNCN32)c1. The Morgan fingerprint density at radius 2 is 1.83 bits per heavy atom. The van der Waals surface area contributed by atoms with Crippen molar-refractivity contribution in [2.24, 2.45) is 0 Å². The Morgan fingerprint density at radius 1 is 1.04 bits per heavy atom. The fourth-order valence-corrected chi connectivity index (χ4v) is 4.11. The van der Waals surface area contributed by atoms with Crippen LogP contribution in [0.1, 0.15) is 42.0 Å². The van der Waals surface area contributed by atoms with E-state index in [0.717, 1.165) is 6.67 Å². The van der Waals surface area contributed by atoms with Crippen molar-refractivity contribution in [1.29, 1.82) is 0 Å². The molecule has 0 radical (unpaired) electrons. The molecule has 2 aliphatic heterocycles. The first kappa shape index (κ1) is 14.4. The first-order valence-electron chi connectivity index (χ1n) is 8.59. The van der Waals surface area contributed by atoms with Crippen molar-refractivity contribution in [3.05, 3.63) is 71.1 Å². The van der Waals surface area contributed by atoms with E-state index < -0.39 is 0 Å². The van der Waals surface area contributed by atoms with Crippen LogP contribution in [0.4, 0.5) is 0 Å². The quantitative estimate of drug-likeness (QED) is 0.849. The molecule has 1 fully saturated rings. The van der Waals surface area contributed by atoms with Gasteiger partial charge in [-0.3, -0.25) is 0 Å². The van der Waals surface area contributed by atoms with Crippen molar-refractivity contribution >= 4 is 0 Å². The summed E-state index contributed by atoms with van der Waals surface area (Å²) in [5.41, 5.74) is 8.34. The van der Waals surface area contributed by atoms with E-state index >= 15 is 0 Å². The molecule has 0 spiro atoms. The molecule has 2 aromatic rings. The maximum atomic E-state index is 3.41. The van der Waals surface area contributed by atoms with Crippen molar-refractivity contribution in [2.75, 3.05) is 6.67 Å². The summed E-state index contributed by atoms with van der Waals surface area (Å²) in [5.74, 6) is 0. The van der Waals surface area contributed by atoms with Gasteiger partial charge in [-0.1, -0.05) is 53.6 Å². The Balaban J connectivity index is 1.79. The van der Waals surface area contributed by atoms with Crippen LogP contribution in [0.2, 0.25) is 0 Å². The van der Waals surface area contributed by atoms with E-state index in [1.807, 2.05) is 0 Å². The van der Waals surface area contributed by atoms with Crippen molar-refractivity contribution < 1.29 is 0 Å². The molecule has 4 rings (SSSR count). The molecule has 2 aliphatic rings. The molecular weight excluding hydrogens is 280 g/mol. The number of piperidine rings is 1.